The van der Waals surface area contributed by atoms with Crippen LogP contribution in [0.5, 0.6) is 0 Å². The third kappa shape index (κ3) is 2.61. The lowest BCUT2D eigenvalue weighted by molar-refractivity contribution is 0.987. The number of nitrogens with two attached hydrogens (primary N) is 1. The van der Waals surface area contributed by atoms with E-state index in [0.29, 0.717) is 6.54 Å². The molecule has 0 aliphatic rings. The molecule has 0 saturated carbocycles. The summed E-state index contributed by atoms with van der Waals surface area (Å²) in [7, 11) is 0. The summed E-state index contributed by atoms with van der Waals surface area (Å²) in [5, 5.41) is 3.05. The normalized spacial score (nSPS) is 10.7. The fourth-order valence-corrected chi connectivity index (χ4v) is 3.08. The van der Waals surface area contributed by atoms with Crippen molar-refractivity contribution in [1.29, 1.82) is 0 Å². The first-order valence-electron chi connectivity index (χ1n) is 4.94. The van der Waals surface area contributed by atoms with Crippen molar-refractivity contribution < 1.29 is 0 Å². The minimum atomic E-state index is 0.537. The lowest BCUT2D eigenvalue weighted by Crippen LogP contribution is -1.98. The Morgan fingerprint density at radius 3 is 2.81 bits per heavy atom. The van der Waals surface area contributed by atoms with Crippen LogP contribution < -0.4 is 5.73 Å². The quantitative estimate of drug-likeness (QED) is 0.911. The summed E-state index contributed by atoms with van der Waals surface area (Å²) in [5.41, 5.74) is 8.85. The third-order valence-electron chi connectivity index (χ3n) is 2.10. The second kappa shape index (κ2) is 4.95. The highest BCUT2D eigenvalue weighted by atomic mass is 32.2. The first-order chi connectivity index (χ1) is 7.69. The summed E-state index contributed by atoms with van der Waals surface area (Å²) >= 11 is 3.26. The van der Waals surface area contributed by atoms with Gasteiger partial charge in [-0.1, -0.05) is 6.07 Å². The molecule has 0 amide bonds. The van der Waals surface area contributed by atoms with E-state index in [2.05, 4.69) is 23.0 Å². The zero-order chi connectivity index (χ0) is 11.5. The topological polar surface area (TPSA) is 51.8 Å². The Labute approximate surface area is 103 Å². The standard InChI is InChI=1S/C11H13N3S2/c1-7-3-9(4-12)5-13-10(7)16-11-14-8(2)6-15-11/h3,5-6H,4,12H2,1-2H3. The Morgan fingerprint density at radius 2 is 2.25 bits per heavy atom. The van der Waals surface area contributed by atoms with Crippen LogP contribution in [0, 0.1) is 13.8 Å². The molecule has 0 aromatic carbocycles. The van der Waals surface area contributed by atoms with Crippen molar-refractivity contribution in [2.45, 2.75) is 29.8 Å². The van der Waals surface area contributed by atoms with Gasteiger partial charge >= 0.3 is 0 Å². The zero-order valence-electron chi connectivity index (χ0n) is 9.23. The number of hydrogen-bond donors (Lipinski definition) is 1. The van der Waals surface area contributed by atoms with Crippen LogP contribution in [-0.2, 0) is 6.54 Å². The van der Waals surface area contributed by atoms with Gasteiger partial charge in [0, 0.05) is 23.8 Å². The molecule has 0 bridgehead atoms. The lowest BCUT2D eigenvalue weighted by atomic mass is 10.2. The number of pyridine rings is 1. The first-order valence-corrected chi connectivity index (χ1v) is 6.64. The molecule has 0 aliphatic heterocycles. The van der Waals surface area contributed by atoms with Gasteiger partial charge in [-0.05, 0) is 36.7 Å². The second-order valence-corrected chi connectivity index (χ2v) is 5.62. The van der Waals surface area contributed by atoms with Crippen LogP contribution in [0.15, 0.2) is 27.0 Å². The maximum Gasteiger partial charge on any atom is 0.156 e. The van der Waals surface area contributed by atoms with Crippen LogP contribution in [0.25, 0.3) is 0 Å². The van der Waals surface area contributed by atoms with Gasteiger partial charge < -0.3 is 5.73 Å². The Kier molecular flexibility index (Phi) is 3.58. The van der Waals surface area contributed by atoms with E-state index in [-0.39, 0.29) is 0 Å². The van der Waals surface area contributed by atoms with Gasteiger partial charge in [-0.3, -0.25) is 0 Å². The van der Waals surface area contributed by atoms with Crippen molar-refractivity contribution >= 4 is 23.1 Å². The maximum absolute atomic E-state index is 5.57. The molecule has 2 aromatic heterocycles. The van der Waals surface area contributed by atoms with E-state index in [1.165, 1.54) is 0 Å². The smallest absolute Gasteiger partial charge is 0.156 e. The molecule has 0 unspecified atom stereocenters. The van der Waals surface area contributed by atoms with Gasteiger partial charge in [-0.2, -0.15) is 0 Å². The summed E-state index contributed by atoms with van der Waals surface area (Å²) in [6.45, 7) is 4.59. The molecule has 0 fully saturated rings. The molecule has 2 heterocycles. The highest BCUT2D eigenvalue weighted by Crippen LogP contribution is 2.30. The number of hydrogen-bond acceptors (Lipinski definition) is 5. The van der Waals surface area contributed by atoms with Gasteiger partial charge in [0.05, 0.1) is 0 Å². The van der Waals surface area contributed by atoms with E-state index in [4.69, 9.17) is 5.73 Å². The third-order valence-corrected chi connectivity index (χ3v) is 4.28. The molecule has 2 N–H and O–H groups in total. The monoisotopic (exact) mass is 251 g/mol. The first kappa shape index (κ1) is 11.6. The van der Waals surface area contributed by atoms with Crippen molar-refractivity contribution in [3.05, 3.63) is 34.5 Å². The van der Waals surface area contributed by atoms with E-state index < -0.39 is 0 Å². The molecule has 0 saturated heterocycles. The van der Waals surface area contributed by atoms with Gasteiger partial charge in [0.1, 0.15) is 5.03 Å². The fourth-order valence-electron chi connectivity index (χ4n) is 1.30. The Bertz CT molecular complexity index is 494. The predicted molar refractivity (Wildman–Crippen MR) is 67.8 cm³/mol. The summed E-state index contributed by atoms with van der Waals surface area (Å²) < 4.78 is 1.04. The van der Waals surface area contributed by atoms with Crippen LogP contribution >= 0.6 is 23.1 Å². The number of thiazole rings is 1. The predicted octanol–water partition coefficient (Wildman–Crippen LogP) is 2.76. The average molecular weight is 251 g/mol. The van der Waals surface area contributed by atoms with Gasteiger partial charge in [-0.25, -0.2) is 9.97 Å². The number of rotatable bonds is 3. The van der Waals surface area contributed by atoms with Gasteiger partial charge in [0.15, 0.2) is 4.34 Å². The van der Waals surface area contributed by atoms with Crippen LogP contribution in [0.4, 0.5) is 0 Å². The van der Waals surface area contributed by atoms with Crippen LogP contribution in [0.3, 0.4) is 0 Å². The van der Waals surface area contributed by atoms with E-state index in [0.717, 1.165) is 26.2 Å². The molecule has 0 radical (unpaired) electrons. The zero-order valence-corrected chi connectivity index (χ0v) is 10.9. The van der Waals surface area contributed by atoms with E-state index in [1.807, 2.05) is 18.5 Å². The van der Waals surface area contributed by atoms with Crippen molar-refractivity contribution in [1.82, 2.24) is 9.97 Å². The highest BCUT2D eigenvalue weighted by Gasteiger charge is 2.06. The molecule has 3 nitrogen and oxygen atoms in total. The molecule has 2 aromatic rings. The van der Waals surface area contributed by atoms with E-state index in [1.54, 1.807) is 23.1 Å². The van der Waals surface area contributed by atoms with Crippen LogP contribution in [0.1, 0.15) is 16.8 Å². The molecule has 0 atom stereocenters. The molecule has 0 aliphatic carbocycles. The second-order valence-electron chi connectivity index (χ2n) is 3.53. The van der Waals surface area contributed by atoms with Crippen molar-refractivity contribution in [3.8, 4) is 0 Å². The van der Waals surface area contributed by atoms with Crippen molar-refractivity contribution in [2.75, 3.05) is 0 Å². The highest BCUT2D eigenvalue weighted by molar-refractivity contribution is 8.01. The van der Waals surface area contributed by atoms with Crippen molar-refractivity contribution in [3.63, 3.8) is 0 Å². The summed E-state index contributed by atoms with van der Waals surface area (Å²) in [5.74, 6) is 0. The van der Waals surface area contributed by atoms with E-state index in [9.17, 15) is 0 Å². The Morgan fingerprint density at radius 1 is 1.44 bits per heavy atom. The summed E-state index contributed by atoms with van der Waals surface area (Å²) in [6.07, 6.45) is 1.83. The molecular weight excluding hydrogens is 238 g/mol. The molecule has 84 valence electrons. The fraction of sp³-hybridized carbons (Fsp3) is 0.273. The largest absolute Gasteiger partial charge is 0.326 e. The van der Waals surface area contributed by atoms with Crippen LogP contribution in [0.2, 0.25) is 0 Å². The van der Waals surface area contributed by atoms with Crippen LogP contribution in [-0.4, -0.2) is 9.97 Å². The summed E-state index contributed by atoms with van der Waals surface area (Å²) in [6, 6.07) is 2.08. The number of aryl methyl sites for hydroxylation is 2. The molecule has 16 heavy (non-hydrogen) atoms. The average Bonchev–Trinajstić information content (AvgIpc) is 2.67. The van der Waals surface area contributed by atoms with Crippen molar-refractivity contribution in [2.24, 2.45) is 5.73 Å². The number of nitrogens with zero attached hydrogens (tertiary/aromatic N) is 2. The Balaban J connectivity index is 2.21. The number of aromatic nitrogens is 2. The molecule has 5 heteroatoms. The van der Waals surface area contributed by atoms with E-state index >= 15 is 0 Å². The SMILES string of the molecule is Cc1csc(Sc2ncc(CN)cc2C)n1. The summed E-state index contributed by atoms with van der Waals surface area (Å²) in [4.78, 5) is 8.81. The van der Waals surface area contributed by atoms with Gasteiger partial charge in [-0.15, -0.1) is 11.3 Å². The minimum Gasteiger partial charge on any atom is -0.326 e. The van der Waals surface area contributed by atoms with Gasteiger partial charge in [0.25, 0.3) is 0 Å². The molecule has 0 spiro atoms. The van der Waals surface area contributed by atoms with Gasteiger partial charge in [0.2, 0.25) is 0 Å². The molecular formula is C11H13N3S2. The Hall–Kier alpha value is -0.910. The minimum absolute atomic E-state index is 0.537. The maximum atomic E-state index is 5.57. The lowest BCUT2D eigenvalue weighted by Gasteiger charge is -2.03. The molecule has 2 rings (SSSR count).